The van der Waals surface area contributed by atoms with Crippen LogP contribution in [0.15, 0.2) is 164 Å². The van der Waals surface area contributed by atoms with E-state index < -0.39 is 0 Å². The van der Waals surface area contributed by atoms with Crippen molar-refractivity contribution in [2.45, 2.75) is 55.1 Å². The van der Waals surface area contributed by atoms with Gasteiger partial charge in [0.25, 0.3) is 0 Å². The molecule has 0 aliphatic rings. The fourth-order valence-corrected chi connectivity index (χ4v) is 9.69. The average molecular weight is 659 g/mol. The maximum absolute atomic E-state index is 3.94. The number of rotatable bonds is 20. The molecule has 0 spiro atoms. The molecule has 0 aliphatic carbocycles. The molecule has 4 rings (SSSR count). The summed E-state index contributed by atoms with van der Waals surface area (Å²) in [6, 6.07) is 39.7. The predicted molar refractivity (Wildman–Crippen MR) is 199 cm³/mol. The molecule has 2 atom stereocenters. The summed E-state index contributed by atoms with van der Waals surface area (Å²) in [7, 11) is 0. The lowest BCUT2D eigenvalue weighted by Crippen LogP contribution is -2.07. The van der Waals surface area contributed by atoms with Crippen LogP contribution in [-0.2, 0) is 0 Å². The summed E-state index contributed by atoms with van der Waals surface area (Å²) in [5.74, 6) is 5.90. The van der Waals surface area contributed by atoms with Crippen LogP contribution in [0.3, 0.4) is 0 Å². The largest absolute Gasteiger partial charge is 0.126 e. The molecule has 4 aromatic carbocycles. The number of hydrogen-bond acceptors (Lipinski definition) is 5. The van der Waals surface area contributed by atoms with Crippen LogP contribution in [0.2, 0.25) is 0 Å². The van der Waals surface area contributed by atoms with Crippen LogP contribution in [0, 0.1) is 11.8 Å². The van der Waals surface area contributed by atoms with E-state index in [1.165, 1.54) is 42.2 Å². The average Bonchev–Trinajstić information content (AvgIpc) is 3.06. The minimum atomic E-state index is 0.665. The minimum Gasteiger partial charge on any atom is -0.126 e. The van der Waals surface area contributed by atoms with E-state index in [1.807, 2.05) is 58.8 Å². The van der Waals surface area contributed by atoms with Gasteiger partial charge in [0.05, 0.1) is 0 Å². The van der Waals surface area contributed by atoms with Gasteiger partial charge in [-0.05, 0) is 110 Å². The first kappa shape index (κ1) is 34.0. The number of allylic oxidation sites excluding steroid dienone is 2. The first-order valence-electron chi connectivity index (χ1n) is 14.9. The van der Waals surface area contributed by atoms with E-state index >= 15 is 0 Å². The molecule has 43 heavy (non-hydrogen) atoms. The predicted octanol–water partition coefficient (Wildman–Crippen LogP) is 12.8. The van der Waals surface area contributed by atoms with Crippen LogP contribution in [0.4, 0.5) is 0 Å². The Morgan fingerprint density at radius 3 is 1.05 bits per heavy atom. The third-order valence-electron chi connectivity index (χ3n) is 6.87. The van der Waals surface area contributed by atoms with E-state index in [4.69, 9.17) is 0 Å². The molecule has 2 unspecified atom stereocenters. The molecular formula is C38H42S5. The van der Waals surface area contributed by atoms with Gasteiger partial charge in [-0.1, -0.05) is 60.3 Å². The van der Waals surface area contributed by atoms with E-state index in [-0.39, 0.29) is 0 Å². The fourth-order valence-electron chi connectivity index (χ4n) is 4.37. The zero-order valence-electron chi connectivity index (χ0n) is 24.8. The highest BCUT2D eigenvalue weighted by Gasteiger charge is 2.12. The normalized spacial score (nSPS) is 12.5. The van der Waals surface area contributed by atoms with Crippen molar-refractivity contribution in [3.63, 3.8) is 0 Å². The number of hydrogen-bond donors (Lipinski definition) is 0. The Kier molecular flexibility index (Phi) is 16.0. The summed E-state index contributed by atoms with van der Waals surface area (Å²) >= 11 is 9.74. The zero-order chi connectivity index (χ0) is 30.0. The molecule has 224 valence electrons. The summed E-state index contributed by atoms with van der Waals surface area (Å²) in [6.07, 6.45) is 8.65. The van der Waals surface area contributed by atoms with Gasteiger partial charge in [0.2, 0.25) is 0 Å². The summed E-state index contributed by atoms with van der Waals surface area (Å²) < 4.78 is 0. The highest BCUT2D eigenvalue weighted by molar-refractivity contribution is 8.01. The lowest BCUT2D eigenvalue weighted by Gasteiger charge is -2.16. The molecule has 0 aliphatic heterocycles. The summed E-state index contributed by atoms with van der Waals surface area (Å²) in [6.45, 7) is 7.88. The van der Waals surface area contributed by atoms with Gasteiger partial charge in [-0.3, -0.25) is 0 Å². The molecule has 0 radical (unpaired) electrons. The van der Waals surface area contributed by atoms with Crippen molar-refractivity contribution >= 4 is 58.8 Å². The molecule has 5 heteroatoms. The SMILES string of the molecule is C=CCCC(CSc1ccccc1)CSc1ccc(Sc2ccc(SCC(CCC=C)CSc3ccccc3)cc2)cc1. The van der Waals surface area contributed by atoms with E-state index in [0.29, 0.717) is 11.8 Å². The van der Waals surface area contributed by atoms with Crippen molar-refractivity contribution in [3.8, 4) is 0 Å². The highest BCUT2D eigenvalue weighted by atomic mass is 32.2. The Hall–Kier alpha value is -1.89. The maximum atomic E-state index is 3.94. The maximum Gasteiger partial charge on any atom is 0.0123 e. The quantitative estimate of drug-likeness (QED) is 0.0682. The Morgan fingerprint density at radius 1 is 0.419 bits per heavy atom. The van der Waals surface area contributed by atoms with Gasteiger partial charge in [-0.15, -0.1) is 60.2 Å². The van der Waals surface area contributed by atoms with Crippen LogP contribution in [-0.4, -0.2) is 23.0 Å². The van der Waals surface area contributed by atoms with Crippen molar-refractivity contribution in [2.75, 3.05) is 23.0 Å². The van der Waals surface area contributed by atoms with E-state index in [0.717, 1.165) is 35.9 Å². The number of thioether (sulfide) groups is 4. The summed E-state index contributed by atoms with van der Waals surface area (Å²) in [5, 5.41) is 0. The minimum absolute atomic E-state index is 0.665. The molecule has 4 aromatic rings. The smallest absolute Gasteiger partial charge is 0.0123 e. The second-order valence-electron chi connectivity index (χ2n) is 10.4. The Morgan fingerprint density at radius 2 is 0.721 bits per heavy atom. The zero-order valence-corrected chi connectivity index (χ0v) is 28.9. The second-order valence-corrected chi connectivity index (χ2v) is 15.9. The summed E-state index contributed by atoms with van der Waals surface area (Å²) in [4.78, 5) is 7.98. The lowest BCUT2D eigenvalue weighted by molar-refractivity contribution is 0.614. The fraction of sp³-hybridized carbons (Fsp3) is 0.263. The molecule has 0 amide bonds. The molecule has 0 saturated heterocycles. The van der Waals surface area contributed by atoms with Crippen molar-refractivity contribution < 1.29 is 0 Å². The van der Waals surface area contributed by atoms with Crippen molar-refractivity contribution in [1.82, 2.24) is 0 Å². The highest BCUT2D eigenvalue weighted by Crippen LogP contribution is 2.34. The van der Waals surface area contributed by atoms with Gasteiger partial charge in [0.15, 0.2) is 0 Å². The van der Waals surface area contributed by atoms with Crippen molar-refractivity contribution in [1.29, 1.82) is 0 Å². The molecule has 0 saturated carbocycles. The van der Waals surface area contributed by atoms with Crippen LogP contribution < -0.4 is 0 Å². The molecule has 0 heterocycles. The standard InChI is InChI=1S/C38H42S5/c1-3-5-13-31(27-39-33-15-9-7-10-16-33)29-41-35-19-23-37(24-20-35)43-38-25-21-36(22-26-38)42-30-32(14-6-4-2)28-40-34-17-11-8-12-18-34/h3-4,7-12,15-26,31-32H,1-2,5-6,13-14,27-30H2. The Balaban J connectivity index is 1.22. The Labute approximate surface area is 281 Å². The lowest BCUT2D eigenvalue weighted by atomic mass is 10.1. The van der Waals surface area contributed by atoms with Crippen LogP contribution in [0.1, 0.15) is 25.7 Å². The molecule has 0 bridgehead atoms. The van der Waals surface area contributed by atoms with Crippen LogP contribution in [0.25, 0.3) is 0 Å². The molecule has 0 N–H and O–H groups in total. The number of benzene rings is 4. The van der Waals surface area contributed by atoms with Gasteiger partial charge in [-0.25, -0.2) is 0 Å². The van der Waals surface area contributed by atoms with Gasteiger partial charge in [0.1, 0.15) is 0 Å². The molecule has 0 nitrogen and oxygen atoms in total. The third kappa shape index (κ3) is 13.3. The third-order valence-corrected chi connectivity index (χ3v) is 12.9. The van der Waals surface area contributed by atoms with Crippen molar-refractivity contribution in [2.24, 2.45) is 11.8 Å². The molecule has 0 aromatic heterocycles. The van der Waals surface area contributed by atoms with E-state index in [2.05, 4.69) is 135 Å². The molecule has 0 fully saturated rings. The molecular weight excluding hydrogens is 617 g/mol. The van der Waals surface area contributed by atoms with Gasteiger partial charge >= 0.3 is 0 Å². The van der Waals surface area contributed by atoms with Gasteiger partial charge < -0.3 is 0 Å². The second kappa shape index (κ2) is 20.2. The van der Waals surface area contributed by atoms with Gasteiger partial charge in [0, 0.05) is 52.4 Å². The monoisotopic (exact) mass is 658 g/mol. The summed E-state index contributed by atoms with van der Waals surface area (Å²) in [5.41, 5.74) is 0. The first-order chi connectivity index (χ1) is 21.2. The van der Waals surface area contributed by atoms with E-state index in [9.17, 15) is 0 Å². The van der Waals surface area contributed by atoms with Crippen molar-refractivity contribution in [3.05, 3.63) is 135 Å². The topological polar surface area (TPSA) is 0 Å². The Bertz CT molecular complexity index is 1220. The van der Waals surface area contributed by atoms with E-state index in [1.54, 1.807) is 0 Å². The first-order valence-corrected chi connectivity index (χ1v) is 19.7. The van der Waals surface area contributed by atoms with Crippen LogP contribution >= 0.6 is 58.8 Å². The van der Waals surface area contributed by atoms with Crippen LogP contribution in [0.5, 0.6) is 0 Å². The van der Waals surface area contributed by atoms with Gasteiger partial charge in [-0.2, -0.15) is 0 Å².